The minimum Gasteiger partial charge on any atom is -0.476 e. The molecule has 0 unspecified atom stereocenters. The molecule has 1 aliphatic heterocycles. The van der Waals surface area contributed by atoms with E-state index < -0.39 is 12.1 Å². The Bertz CT molecular complexity index is 1470. The molecule has 2 atom stereocenters. The van der Waals surface area contributed by atoms with Crippen molar-refractivity contribution in [1.29, 1.82) is 0 Å². The minimum atomic E-state index is -1.19. The number of carbonyl (C=O) groups is 2. The summed E-state index contributed by atoms with van der Waals surface area (Å²) in [7, 11) is 0. The van der Waals surface area contributed by atoms with Crippen LogP contribution in [0.1, 0.15) is 40.3 Å². The summed E-state index contributed by atoms with van der Waals surface area (Å²) in [4.78, 5) is 34.6. The van der Waals surface area contributed by atoms with Gasteiger partial charge in [-0.2, -0.15) is 5.10 Å². The number of carbonyl (C=O) groups excluding carboxylic acids is 1. The Hall–Kier alpha value is -4.18. The lowest BCUT2D eigenvalue weighted by atomic mass is 10.1. The molecule has 1 amide bonds. The van der Waals surface area contributed by atoms with Crippen LogP contribution in [0, 0.1) is 6.92 Å². The molecule has 1 aliphatic rings. The molecule has 0 saturated carbocycles. The average molecular weight is 507 g/mol. The molecule has 5 heterocycles. The Morgan fingerprint density at radius 2 is 2.08 bits per heavy atom. The lowest BCUT2D eigenvalue weighted by Crippen LogP contribution is -2.36. The molecule has 4 aromatic heterocycles. The van der Waals surface area contributed by atoms with Crippen molar-refractivity contribution >= 4 is 40.7 Å². The van der Waals surface area contributed by atoms with E-state index in [0.29, 0.717) is 23.6 Å². The van der Waals surface area contributed by atoms with Gasteiger partial charge in [0.15, 0.2) is 5.69 Å². The summed E-state index contributed by atoms with van der Waals surface area (Å²) in [6.07, 6.45) is 3.76. The van der Waals surface area contributed by atoms with E-state index in [-0.39, 0.29) is 29.5 Å². The normalized spacial score (nSPS) is 16.2. The smallest absolute Gasteiger partial charge is 0.415 e. The first-order valence-electron chi connectivity index (χ1n) is 11.3. The number of pyridine rings is 3. The molecule has 0 aliphatic carbocycles. The van der Waals surface area contributed by atoms with Crippen LogP contribution in [0.15, 0.2) is 54.9 Å². The molecule has 184 valence electrons. The van der Waals surface area contributed by atoms with E-state index in [9.17, 15) is 14.7 Å². The Kier molecular flexibility index (Phi) is 6.19. The molecule has 11 heteroatoms. The number of anilines is 2. The predicted octanol–water partition coefficient (Wildman–Crippen LogP) is 4.53. The summed E-state index contributed by atoms with van der Waals surface area (Å²) in [5.74, 6) is -0.717. The van der Waals surface area contributed by atoms with Gasteiger partial charge in [0, 0.05) is 12.4 Å². The SMILES string of the molecule is Cc1cc([C@@H](C)Nc2ccc(Cl)nc2C(=O)O)nc(N2C(=O)OC[C@@H]2Cc2ccn3nccc3c2)c1. The number of carboxylic acid groups (broad SMARTS) is 1. The van der Waals surface area contributed by atoms with E-state index in [2.05, 4.69) is 15.4 Å². The first kappa shape index (κ1) is 23.6. The molecule has 1 saturated heterocycles. The summed E-state index contributed by atoms with van der Waals surface area (Å²) in [6.45, 7) is 4.02. The topological polar surface area (TPSA) is 122 Å². The van der Waals surface area contributed by atoms with Gasteiger partial charge in [-0.25, -0.2) is 24.1 Å². The Morgan fingerprint density at radius 1 is 1.25 bits per heavy atom. The van der Waals surface area contributed by atoms with Gasteiger partial charge < -0.3 is 15.2 Å². The summed E-state index contributed by atoms with van der Waals surface area (Å²) >= 11 is 5.87. The monoisotopic (exact) mass is 506 g/mol. The van der Waals surface area contributed by atoms with Crippen LogP contribution >= 0.6 is 11.6 Å². The van der Waals surface area contributed by atoms with Crippen molar-refractivity contribution in [2.75, 3.05) is 16.8 Å². The largest absolute Gasteiger partial charge is 0.476 e. The van der Waals surface area contributed by atoms with Crippen molar-refractivity contribution < 1.29 is 19.4 Å². The molecular weight excluding hydrogens is 484 g/mol. The van der Waals surface area contributed by atoms with E-state index in [1.165, 1.54) is 6.07 Å². The number of fused-ring (bicyclic) bond motifs is 1. The third-order valence-electron chi connectivity index (χ3n) is 6.00. The van der Waals surface area contributed by atoms with Crippen molar-refractivity contribution in [3.8, 4) is 0 Å². The number of nitrogens with zero attached hydrogens (tertiary/aromatic N) is 5. The van der Waals surface area contributed by atoms with Gasteiger partial charge in [-0.3, -0.25) is 4.90 Å². The van der Waals surface area contributed by atoms with Gasteiger partial charge in [-0.1, -0.05) is 11.6 Å². The Morgan fingerprint density at radius 3 is 2.89 bits per heavy atom. The highest BCUT2D eigenvalue weighted by atomic mass is 35.5. The van der Waals surface area contributed by atoms with E-state index in [1.54, 1.807) is 21.7 Å². The van der Waals surface area contributed by atoms with Crippen LogP contribution in [0.4, 0.5) is 16.3 Å². The number of aromatic nitrogens is 4. The van der Waals surface area contributed by atoms with Gasteiger partial charge in [0.2, 0.25) is 0 Å². The molecule has 36 heavy (non-hydrogen) atoms. The second-order valence-electron chi connectivity index (χ2n) is 8.67. The lowest BCUT2D eigenvalue weighted by Gasteiger charge is -2.23. The predicted molar refractivity (Wildman–Crippen MR) is 134 cm³/mol. The lowest BCUT2D eigenvalue weighted by molar-refractivity contribution is 0.0691. The molecule has 2 N–H and O–H groups in total. The fourth-order valence-electron chi connectivity index (χ4n) is 4.30. The van der Waals surface area contributed by atoms with E-state index in [1.807, 2.05) is 50.4 Å². The third kappa shape index (κ3) is 4.67. The number of carboxylic acids is 1. The number of hydrogen-bond donors (Lipinski definition) is 2. The van der Waals surface area contributed by atoms with Crippen molar-refractivity contribution in [3.63, 3.8) is 0 Å². The van der Waals surface area contributed by atoms with Crippen LogP contribution in [0.2, 0.25) is 5.15 Å². The number of amides is 1. The molecule has 0 spiro atoms. The minimum absolute atomic E-state index is 0.0903. The number of ether oxygens (including phenoxy) is 1. The Balaban J connectivity index is 1.41. The first-order valence-corrected chi connectivity index (χ1v) is 11.7. The van der Waals surface area contributed by atoms with Gasteiger partial charge in [-0.15, -0.1) is 0 Å². The fourth-order valence-corrected chi connectivity index (χ4v) is 4.45. The van der Waals surface area contributed by atoms with Crippen molar-refractivity contribution in [1.82, 2.24) is 19.6 Å². The highest BCUT2D eigenvalue weighted by Crippen LogP contribution is 2.28. The second kappa shape index (κ2) is 9.46. The van der Waals surface area contributed by atoms with Crippen LogP contribution < -0.4 is 10.2 Å². The number of aromatic carboxylic acids is 1. The second-order valence-corrected chi connectivity index (χ2v) is 9.06. The molecule has 5 rings (SSSR count). The maximum absolute atomic E-state index is 12.7. The fraction of sp³-hybridized carbons (Fsp3) is 0.240. The summed E-state index contributed by atoms with van der Waals surface area (Å²) in [5, 5.41) is 17.0. The van der Waals surface area contributed by atoms with Crippen LogP contribution in [-0.2, 0) is 11.2 Å². The van der Waals surface area contributed by atoms with Crippen molar-refractivity contribution in [2.24, 2.45) is 0 Å². The maximum Gasteiger partial charge on any atom is 0.415 e. The van der Waals surface area contributed by atoms with Crippen molar-refractivity contribution in [2.45, 2.75) is 32.4 Å². The Labute approximate surface area is 211 Å². The van der Waals surface area contributed by atoms with Gasteiger partial charge in [0.05, 0.1) is 29.0 Å². The standard InChI is InChI=1S/C25H23ClN6O4/c1-14-9-20(15(2)28-19-3-4-21(26)30-23(19)24(33)34)29-22(10-14)32-18(13-36-25(32)35)12-16-6-8-31-17(11-16)5-7-27-31/h3-11,15,18,28H,12-13H2,1-2H3,(H,33,34)/t15-,18+/m1/s1. The summed E-state index contributed by atoms with van der Waals surface area (Å²) in [6, 6.07) is 12.1. The van der Waals surface area contributed by atoms with Crippen LogP contribution in [-0.4, -0.2) is 49.4 Å². The van der Waals surface area contributed by atoms with Gasteiger partial charge in [0.1, 0.15) is 17.6 Å². The molecule has 4 aromatic rings. The van der Waals surface area contributed by atoms with Gasteiger partial charge in [0.25, 0.3) is 0 Å². The zero-order valence-corrected chi connectivity index (χ0v) is 20.3. The molecule has 0 aromatic carbocycles. The molecular formula is C25H23ClN6O4. The molecule has 10 nitrogen and oxygen atoms in total. The van der Waals surface area contributed by atoms with Gasteiger partial charge >= 0.3 is 12.1 Å². The highest BCUT2D eigenvalue weighted by molar-refractivity contribution is 6.29. The zero-order chi connectivity index (χ0) is 25.4. The van der Waals surface area contributed by atoms with Crippen molar-refractivity contribution in [3.05, 3.63) is 82.5 Å². The molecule has 0 radical (unpaired) electrons. The van der Waals surface area contributed by atoms with Crippen LogP contribution in [0.3, 0.4) is 0 Å². The molecule has 1 fully saturated rings. The highest BCUT2D eigenvalue weighted by Gasteiger charge is 2.35. The number of rotatable bonds is 7. The van der Waals surface area contributed by atoms with E-state index in [0.717, 1.165) is 16.6 Å². The third-order valence-corrected chi connectivity index (χ3v) is 6.21. The summed E-state index contributed by atoms with van der Waals surface area (Å²) < 4.78 is 7.18. The number of halogens is 1. The number of hydrogen-bond acceptors (Lipinski definition) is 7. The van der Waals surface area contributed by atoms with E-state index in [4.69, 9.17) is 21.3 Å². The average Bonchev–Trinajstić information content (AvgIpc) is 3.45. The number of nitrogens with one attached hydrogen (secondary N) is 1. The molecule has 0 bridgehead atoms. The van der Waals surface area contributed by atoms with Crippen LogP contribution in [0.5, 0.6) is 0 Å². The van der Waals surface area contributed by atoms with Gasteiger partial charge in [-0.05, 0) is 73.9 Å². The van der Waals surface area contributed by atoms with Crippen LogP contribution in [0.25, 0.3) is 5.52 Å². The van der Waals surface area contributed by atoms with E-state index >= 15 is 0 Å². The maximum atomic E-state index is 12.7. The number of aryl methyl sites for hydroxylation is 1. The number of cyclic esters (lactones) is 1. The quantitative estimate of drug-likeness (QED) is 0.351. The zero-order valence-electron chi connectivity index (χ0n) is 19.6. The first-order chi connectivity index (χ1) is 17.3. The summed E-state index contributed by atoms with van der Waals surface area (Å²) in [5.41, 5.74) is 3.69.